The number of aliphatic hydroxyl groups is 1. The van der Waals surface area contributed by atoms with Crippen LogP contribution in [0, 0.1) is 17.5 Å². The second-order valence-corrected chi connectivity index (χ2v) is 16.1. The van der Waals surface area contributed by atoms with E-state index in [2.05, 4.69) is 4.98 Å². The summed E-state index contributed by atoms with van der Waals surface area (Å²) in [6.07, 6.45) is 2.15. The van der Waals surface area contributed by atoms with Gasteiger partial charge in [0.2, 0.25) is 10.0 Å². The number of thioether (sulfide) groups is 1. The summed E-state index contributed by atoms with van der Waals surface area (Å²) in [6.45, 7) is 4.07. The minimum atomic E-state index is -4.29. The van der Waals surface area contributed by atoms with Gasteiger partial charge in [-0.25, -0.2) is 26.6 Å². The monoisotopic (exact) mass is 725 g/mol. The molecule has 1 N–H and O–H groups in total. The predicted molar refractivity (Wildman–Crippen MR) is 183 cm³/mol. The maximum absolute atomic E-state index is 15.5. The summed E-state index contributed by atoms with van der Waals surface area (Å²) >= 11 is 7.32. The van der Waals surface area contributed by atoms with E-state index in [1.165, 1.54) is 19.2 Å². The van der Waals surface area contributed by atoms with Crippen molar-refractivity contribution in [2.24, 2.45) is 0 Å². The van der Waals surface area contributed by atoms with Crippen LogP contribution in [-0.2, 0) is 21.2 Å². The molecule has 4 aromatic rings. The molecule has 0 radical (unpaired) electrons. The fraction of sp³-hybridized carbons (Fsp3) is 0.382. The van der Waals surface area contributed by atoms with Gasteiger partial charge >= 0.3 is 0 Å². The third kappa shape index (κ3) is 8.55. The number of hydrogen-bond donors (Lipinski definition) is 1. The molecule has 0 aliphatic heterocycles. The first kappa shape index (κ1) is 37.7. The molecule has 0 saturated heterocycles. The first-order valence-electron chi connectivity index (χ1n) is 15.2. The lowest BCUT2D eigenvalue weighted by atomic mass is 9.81. The van der Waals surface area contributed by atoms with E-state index >= 15 is 8.78 Å². The van der Waals surface area contributed by atoms with Gasteiger partial charge in [0, 0.05) is 41.9 Å². The normalized spacial score (nSPS) is 12.6. The Hall–Kier alpha value is -3.07. The highest BCUT2D eigenvalue weighted by atomic mass is 35.5. The van der Waals surface area contributed by atoms with Gasteiger partial charge in [-0.15, -0.1) is 0 Å². The molecule has 0 saturated carbocycles. The largest absolute Gasteiger partial charge is 0.495 e. The van der Waals surface area contributed by atoms with Crippen LogP contribution < -0.4 is 4.74 Å². The molecule has 0 atom stereocenters. The van der Waals surface area contributed by atoms with Crippen LogP contribution in [0.15, 0.2) is 70.8 Å². The highest BCUT2D eigenvalue weighted by Crippen LogP contribution is 2.39. The van der Waals surface area contributed by atoms with E-state index in [0.29, 0.717) is 44.8 Å². The maximum atomic E-state index is 15.5. The SMILES string of the molecule is COc1cc(C(C)(C)c2cnc(SCc3c(F)cc(S(=O)(=O)N(CCO)CCC[N+](C)(C)C)cc3F)n2-c2ccc(F)cc2)ccc1Cl. The predicted octanol–water partition coefficient (Wildman–Crippen LogP) is 6.65. The lowest BCUT2D eigenvalue weighted by molar-refractivity contribution is -0.870. The zero-order valence-corrected chi connectivity index (χ0v) is 30.2. The Balaban J connectivity index is 1.67. The number of nitrogens with zero attached hydrogens (tertiary/aromatic N) is 4. The Bertz CT molecular complexity index is 1820. The lowest BCUT2D eigenvalue weighted by Crippen LogP contribution is -2.39. The van der Waals surface area contributed by atoms with Gasteiger partial charge in [0.1, 0.15) is 23.2 Å². The Morgan fingerprint density at radius 1 is 1.02 bits per heavy atom. The van der Waals surface area contributed by atoms with Gasteiger partial charge in [0.15, 0.2) is 5.16 Å². The molecule has 0 spiro atoms. The first-order chi connectivity index (χ1) is 22.5. The van der Waals surface area contributed by atoms with E-state index in [0.717, 1.165) is 33.8 Å². The van der Waals surface area contributed by atoms with Gasteiger partial charge in [0.05, 0.1) is 63.2 Å². The third-order valence-corrected chi connectivity index (χ3v) is 11.2. The Kier molecular flexibility index (Phi) is 12.0. The van der Waals surface area contributed by atoms with Crippen molar-refractivity contribution in [3.05, 3.63) is 100 Å². The molecule has 1 aromatic heterocycles. The molecular weight excluding hydrogens is 685 g/mol. The van der Waals surface area contributed by atoms with Crippen molar-refractivity contribution >= 4 is 33.4 Å². The maximum Gasteiger partial charge on any atom is 0.243 e. The van der Waals surface area contributed by atoms with Crippen LogP contribution in [0.25, 0.3) is 5.69 Å². The van der Waals surface area contributed by atoms with Crippen molar-refractivity contribution in [1.29, 1.82) is 0 Å². The van der Waals surface area contributed by atoms with E-state index in [9.17, 15) is 17.9 Å². The number of benzene rings is 3. The number of sulfonamides is 1. The second kappa shape index (κ2) is 15.2. The summed E-state index contributed by atoms with van der Waals surface area (Å²) in [5.74, 6) is -2.20. The van der Waals surface area contributed by atoms with E-state index in [1.807, 2.05) is 47.1 Å². The molecule has 0 aliphatic carbocycles. The smallest absolute Gasteiger partial charge is 0.243 e. The average Bonchev–Trinajstić information content (AvgIpc) is 3.45. The van der Waals surface area contributed by atoms with Crippen LogP contribution in [-0.4, -0.2) is 86.4 Å². The summed E-state index contributed by atoms with van der Waals surface area (Å²) in [6, 6.07) is 12.8. The first-order valence-corrected chi connectivity index (χ1v) is 18.0. The summed E-state index contributed by atoms with van der Waals surface area (Å²) in [4.78, 5) is 4.06. The summed E-state index contributed by atoms with van der Waals surface area (Å²) in [5, 5.41) is 10.3. The van der Waals surface area contributed by atoms with Crippen LogP contribution in [0.5, 0.6) is 5.75 Å². The van der Waals surface area contributed by atoms with Crippen molar-refractivity contribution < 1.29 is 35.9 Å². The van der Waals surface area contributed by atoms with E-state index in [-0.39, 0.29) is 24.4 Å². The fourth-order valence-electron chi connectivity index (χ4n) is 5.25. The van der Waals surface area contributed by atoms with Crippen LogP contribution in [0.2, 0.25) is 5.02 Å². The van der Waals surface area contributed by atoms with Gasteiger partial charge in [-0.3, -0.25) is 4.57 Å². The van der Waals surface area contributed by atoms with Gasteiger partial charge in [-0.1, -0.05) is 43.3 Å². The molecule has 14 heteroatoms. The van der Waals surface area contributed by atoms with Gasteiger partial charge in [-0.05, 0) is 54.1 Å². The Labute approximate surface area is 289 Å². The third-order valence-electron chi connectivity index (χ3n) is 8.01. The molecule has 0 amide bonds. The molecule has 0 fully saturated rings. The second-order valence-electron chi connectivity index (χ2n) is 12.9. The summed E-state index contributed by atoms with van der Waals surface area (Å²) < 4.78 is 80.6. The number of methoxy groups -OCH3 is 1. The zero-order valence-electron chi connectivity index (χ0n) is 27.8. The van der Waals surface area contributed by atoms with Crippen molar-refractivity contribution in [1.82, 2.24) is 13.9 Å². The van der Waals surface area contributed by atoms with Crippen molar-refractivity contribution in [3.63, 3.8) is 0 Å². The molecule has 4 rings (SSSR count). The van der Waals surface area contributed by atoms with E-state index in [1.54, 1.807) is 29.0 Å². The summed E-state index contributed by atoms with van der Waals surface area (Å²) in [7, 11) is 3.14. The summed E-state index contributed by atoms with van der Waals surface area (Å²) in [5.41, 5.74) is 1.13. The molecule has 260 valence electrons. The average molecular weight is 726 g/mol. The highest BCUT2D eigenvalue weighted by molar-refractivity contribution is 7.98. The van der Waals surface area contributed by atoms with Gasteiger partial charge < -0.3 is 14.3 Å². The highest BCUT2D eigenvalue weighted by Gasteiger charge is 2.31. The molecule has 48 heavy (non-hydrogen) atoms. The van der Waals surface area contributed by atoms with Crippen molar-refractivity contribution in [3.8, 4) is 11.4 Å². The zero-order chi connectivity index (χ0) is 35.4. The topological polar surface area (TPSA) is 84.7 Å². The van der Waals surface area contributed by atoms with E-state index in [4.69, 9.17) is 16.3 Å². The number of aromatic nitrogens is 2. The quantitative estimate of drug-likeness (QED) is 0.109. The molecule has 3 aromatic carbocycles. The minimum absolute atomic E-state index is 0.0901. The molecule has 0 bridgehead atoms. The van der Waals surface area contributed by atoms with Crippen LogP contribution >= 0.6 is 23.4 Å². The van der Waals surface area contributed by atoms with Crippen molar-refractivity contribution in [2.75, 3.05) is 54.5 Å². The number of quaternary nitrogens is 1. The van der Waals surface area contributed by atoms with Crippen molar-refractivity contribution in [2.45, 2.75) is 41.5 Å². The standard InChI is InChI=1S/C34H41ClF3N4O4S2/c1-34(2,23-8-13-28(35)31(18-23)46-6)32-21-39-33(41(32)25-11-9-24(36)10-12-25)47-22-27-29(37)19-26(20-30(27)38)48(44,45)40(15-17-43)14-7-16-42(3,4)5/h8-13,18-21,43H,7,14-17,22H2,1-6H3/q+1. The molecule has 0 aliphatic rings. The minimum Gasteiger partial charge on any atom is -0.495 e. The molecule has 8 nitrogen and oxygen atoms in total. The molecule has 1 heterocycles. The Morgan fingerprint density at radius 3 is 2.25 bits per heavy atom. The number of aliphatic hydroxyl groups excluding tert-OH is 1. The van der Waals surface area contributed by atoms with Crippen LogP contribution in [0.4, 0.5) is 13.2 Å². The lowest BCUT2D eigenvalue weighted by Gasteiger charge is -2.28. The number of imidazole rings is 1. The number of halogens is 4. The van der Waals surface area contributed by atoms with Gasteiger partial charge in [0.25, 0.3) is 0 Å². The molecule has 0 unspecified atom stereocenters. The molecular formula is C34H41ClF3N4O4S2+. The number of rotatable bonds is 15. The van der Waals surface area contributed by atoms with Crippen LogP contribution in [0.3, 0.4) is 0 Å². The van der Waals surface area contributed by atoms with E-state index < -0.39 is 44.4 Å². The Morgan fingerprint density at radius 2 is 1.67 bits per heavy atom. The van der Waals surface area contributed by atoms with Gasteiger partial charge in [-0.2, -0.15) is 4.31 Å². The fourth-order valence-corrected chi connectivity index (χ4v) is 7.95. The number of hydrogen-bond acceptors (Lipinski definition) is 6. The van der Waals surface area contributed by atoms with Crippen LogP contribution in [0.1, 0.15) is 37.1 Å². The number of ether oxygens (including phenoxy) is 1.